The maximum atomic E-state index is 5.87. The van der Waals surface area contributed by atoms with Crippen molar-refractivity contribution in [2.45, 2.75) is 19.3 Å². The van der Waals surface area contributed by atoms with E-state index in [0.29, 0.717) is 12.5 Å². The van der Waals surface area contributed by atoms with Crippen LogP contribution in [0.2, 0.25) is 0 Å². The lowest BCUT2D eigenvalue weighted by Crippen LogP contribution is -2.15. The smallest absolute Gasteiger partial charge is 0.0934 e. The van der Waals surface area contributed by atoms with Crippen molar-refractivity contribution in [2.75, 3.05) is 6.54 Å². The molecule has 2 nitrogen and oxygen atoms in total. The van der Waals surface area contributed by atoms with Gasteiger partial charge in [-0.15, -0.1) is 11.3 Å². The molecule has 2 aromatic rings. The molecule has 2 N–H and O–H groups in total. The summed E-state index contributed by atoms with van der Waals surface area (Å²) in [6.07, 6.45) is 0.922. The second-order valence-corrected chi connectivity index (χ2v) is 5.93. The summed E-state index contributed by atoms with van der Waals surface area (Å²) >= 11 is 5.21. The maximum Gasteiger partial charge on any atom is 0.0934 e. The summed E-state index contributed by atoms with van der Waals surface area (Å²) < 4.78 is 1.10. The minimum atomic E-state index is 0.345. The third-order valence-electron chi connectivity index (χ3n) is 2.69. The second-order valence-electron chi connectivity index (χ2n) is 4.07. The van der Waals surface area contributed by atoms with Gasteiger partial charge in [-0.05, 0) is 31.2 Å². The summed E-state index contributed by atoms with van der Waals surface area (Å²) in [6.45, 7) is 2.67. The van der Waals surface area contributed by atoms with E-state index < -0.39 is 0 Å². The van der Waals surface area contributed by atoms with Crippen LogP contribution in [0.15, 0.2) is 34.1 Å². The van der Waals surface area contributed by atoms with Crippen LogP contribution in [0.3, 0.4) is 0 Å². The molecule has 1 aromatic carbocycles. The SMILES string of the molecule is Cc1csc(CC(CN)c2cccc(Br)c2)n1. The van der Waals surface area contributed by atoms with E-state index in [2.05, 4.69) is 44.5 Å². The summed E-state index contributed by atoms with van der Waals surface area (Å²) in [7, 11) is 0. The molecule has 1 heterocycles. The topological polar surface area (TPSA) is 38.9 Å². The van der Waals surface area contributed by atoms with Crippen LogP contribution in [0.5, 0.6) is 0 Å². The lowest BCUT2D eigenvalue weighted by Gasteiger charge is -2.13. The minimum absolute atomic E-state index is 0.345. The van der Waals surface area contributed by atoms with Crippen LogP contribution in [0.25, 0.3) is 0 Å². The number of benzene rings is 1. The zero-order valence-electron chi connectivity index (χ0n) is 9.69. The molecule has 0 aliphatic carbocycles. The molecule has 0 aliphatic rings. The number of rotatable bonds is 4. The van der Waals surface area contributed by atoms with Crippen LogP contribution in [0, 0.1) is 6.92 Å². The number of nitrogens with zero attached hydrogens (tertiary/aromatic N) is 1. The second kappa shape index (κ2) is 5.76. The van der Waals surface area contributed by atoms with Crippen LogP contribution >= 0.6 is 27.3 Å². The molecule has 90 valence electrons. The van der Waals surface area contributed by atoms with Crippen molar-refractivity contribution in [2.24, 2.45) is 5.73 Å². The molecule has 0 radical (unpaired) electrons. The van der Waals surface area contributed by atoms with Crippen LogP contribution in [-0.2, 0) is 6.42 Å². The predicted molar refractivity (Wildman–Crippen MR) is 76.5 cm³/mol. The van der Waals surface area contributed by atoms with Crippen molar-refractivity contribution in [3.8, 4) is 0 Å². The Hall–Kier alpha value is -0.710. The van der Waals surface area contributed by atoms with E-state index >= 15 is 0 Å². The third kappa shape index (κ3) is 3.37. The summed E-state index contributed by atoms with van der Waals surface area (Å²) in [4.78, 5) is 4.50. The maximum absolute atomic E-state index is 5.87. The Labute approximate surface area is 114 Å². The first kappa shape index (κ1) is 12.7. The Kier molecular flexibility index (Phi) is 4.31. The molecule has 0 spiro atoms. The van der Waals surface area contributed by atoms with E-state index in [4.69, 9.17) is 5.73 Å². The Balaban J connectivity index is 2.16. The molecule has 0 saturated heterocycles. The fourth-order valence-corrected chi connectivity index (χ4v) is 3.08. The van der Waals surface area contributed by atoms with Gasteiger partial charge in [-0.3, -0.25) is 0 Å². The van der Waals surface area contributed by atoms with E-state index in [0.717, 1.165) is 21.6 Å². The Bertz CT molecular complexity index is 496. The third-order valence-corrected chi connectivity index (χ3v) is 4.17. The first-order chi connectivity index (χ1) is 8.19. The molecule has 1 aromatic heterocycles. The highest BCUT2D eigenvalue weighted by Gasteiger charge is 2.12. The van der Waals surface area contributed by atoms with E-state index in [1.54, 1.807) is 11.3 Å². The van der Waals surface area contributed by atoms with Crippen molar-refractivity contribution in [1.29, 1.82) is 0 Å². The Morgan fingerprint density at radius 1 is 1.47 bits per heavy atom. The van der Waals surface area contributed by atoms with Crippen LogP contribution in [0.1, 0.15) is 22.2 Å². The summed E-state index contributed by atoms with van der Waals surface area (Å²) in [5, 5.41) is 3.25. The molecular formula is C13H15BrN2S. The monoisotopic (exact) mass is 310 g/mol. The summed E-state index contributed by atoms with van der Waals surface area (Å²) in [5.41, 5.74) is 8.24. The van der Waals surface area contributed by atoms with Crippen molar-refractivity contribution in [1.82, 2.24) is 4.98 Å². The van der Waals surface area contributed by atoms with Crippen molar-refractivity contribution in [3.63, 3.8) is 0 Å². The zero-order chi connectivity index (χ0) is 12.3. The van der Waals surface area contributed by atoms with Crippen LogP contribution in [0.4, 0.5) is 0 Å². The van der Waals surface area contributed by atoms with Gasteiger partial charge in [0.15, 0.2) is 0 Å². The fourth-order valence-electron chi connectivity index (χ4n) is 1.81. The Morgan fingerprint density at radius 3 is 2.88 bits per heavy atom. The highest BCUT2D eigenvalue weighted by atomic mass is 79.9. The van der Waals surface area contributed by atoms with Gasteiger partial charge in [0.25, 0.3) is 0 Å². The lowest BCUT2D eigenvalue weighted by molar-refractivity contribution is 0.690. The highest BCUT2D eigenvalue weighted by molar-refractivity contribution is 9.10. The normalized spacial score (nSPS) is 12.6. The molecule has 0 saturated carbocycles. The largest absolute Gasteiger partial charge is 0.330 e. The van der Waals surface area contributed by atoms with Crippen LogP contribution < -0.4 is 5.73 Å². The van der Waals surface area contributed by atoms with E-state index in [1.807, 2.05) is 13.0 Å². The lowest BCUT2D eigenvalue weighted by atomic mass is 9.96. The Morgan fingerprint density at radius 2 is 2.29 bits per heavy atom. The van der Waals surface area contributed by atoms with Crippen molar-refractivity contribution < 1.29 is 0 Å². The van der Waals surface area contributed by atoms with Gasteiger partial charge in [-0.25, -0.2) is 4.98 Å². The fraction of sp³-hybridized carbons (Fsp3) is 0.308. The minimum Gasteiger partial charge on any atom is -0.330 e. The standard InChI is InChI=1S/C13H15BrN2S/c1-9-8-17-13(16-9)6-11(7-15)10-3-2-4-12(14)5-10/h2-5,8,11H,6-7,15H2,1H3. The van der Waals surface area contributed by atoms with E-state index in [-0.39, 0.29) is 0 Å². The first-order valence-corrected chi connectivity index (χ1v) is 7.23. The number of hydrogen-bond donors (Lipinski definition) is 1. The quantitative estimate of drug-likeness (QED) is 0.938. The van der Waals surface area contributed by atoms with E-state index in [1.165, 1.54) is 5.56 Å². The molecule has 0 fully saturated rings. The van der Waals surface area contributed by atoms with Gasteiger partial charge in [-0.1, -0.05) is 28.1 Å². The molecule has 0 bridgehead atoms. The number of hydrogen-bond acceptors (Lipinski definition) is 3. The summed E-state index contributed by atoms with van der Waals surface area (Å²) in [5.74, 6) is 0.345. The van der Waals surface area contributed by atoms with Gasteiger partial charge in [-0.2, -0.15) is 0 Å². The van der Waals surface area contributed by atoms with Gasteiger partial charge >= 0.3 is 0 Å². The number of nitrogens with two attached hydrogens (primary N) is 1. The molecular weight excluding hydrogens is 296 g/mol. The highest BCUT2D eigenvalue weighted by Crippen LogP contribution is 2.24. The van der Waals surface area contributed by atoms with Crippen molar-refractivity contribution >= 4 is 27.3 Å². The molecule has 1 unspecified atom stereocenters. The first-order valence-electron chi connectivity index (χ1n) is 5.55. The van der Waals surface area contributed by atoms with Gasteiger partial charge in [0.05, 0.1) is 5.01 Å². The molecule has 0 amide bonds. The number of aromatic nitrogens is 1. The van der Waals surface area contributed by atoms with E-state index in [9.17, 15) is 0 Å². The van der Waals surface area contributed by atoms with Gasteiger partial charge in [0.2, 0.25) is 0 Å². The predicted octanol–water partition coefficient (Wildman–Crippen LogP) is 3.50. The van der Waals surface area contributed by atoms with Gasteiger partial charge < -0.3 is 5.73 Å². The zero-order valence-corrected chi connectivity index (χ0v) is 12.1. The van der Waals surface area contributed by atoms with Gasteiger partial charge in [0, 0.05) is 27.9 Å². The van der Waals surface area contributed by atoms with Crippen molar-refractivity contribution in [3.05, 3.63) is 50.4 Å². The molecule has 4 heteroatoms. The average Bonchev–Trinajstić information content (AvgIpc) is 2.72. The average molecular weight is 311 g/mol. The molecule has 0 aliphatic heterocycles. The van der Waals surface area contributed by atoms with Crippen LogP contribution in [-0.4, -0.2) is 11.5 Å². The molecule has 17 heavy (non-hydrogen) atoms. The molecule has 2 rings (SSSR count). The number of thiazole rings is 1. The number of halogens is 1. The summed E-state index contributed by atoms with van der Waals surface area (Å²) in [6, 6.07) is 8.35. The molecule has 1 atom stereocenters. The number of aryl methyl sites for hydroxylation is 1. The van der Waals surface area contributed by atoms with Gasteiger partial charge in [0.1, 0.15) is 0 Å².